The molecule has 0 unspecified atom stereocenters. The van der Waals surface area contributed by atoms with Gasteiger partial charge in [0.2, 0.25) is 0 Å². The molecule has 0 heterocycles. The summed E-state index contributed by atoms with van der Waals surface area (Å²) < 4.78 is 58.9. The molecule has 0 spiro atoms. The van der Waals surface area contributed by atoms with Gasteiger partial charge in [-0.3, -0.25) is 0 Å². The van der Waals surface area contributed by atoms with Gasteiger partial charge in [0, 0.05) is 36.9 Å². The second-order valence-corrected chi connectivity index (χ2v) is 11.1. The number of halogens is 3. The van der Waals surface area contributed by atoms with Crippen LogP contribution >= 0.6 is 0 Å². The van der Waals surface area contributed by atoms with Crippen LogP contribution in [0.4, 0.5) is 24.5 Å². The van der Waals surface area contributed by atoms with Crippen LogP contribution in [0.15, 0.2) is 125 Å². The van der Waals surface area contributed by atoms with Crippen molar-refractivity contribution >= 4 is 43.7 Å². The zero-order chi connectivity index (χ0) is 31.2. The molecule has 0 amide bonds. The Morgan fingerprint density at radius 3 is 1.34 bits per heavy atom. The average Bonchev–Trinajstić information content (AvgIpc) is 3.25. The van der Waals surface area contributed by atoms with Gasteiger partial charge in [0.15, 0.2) is 10.1 Å². The van der Waals surface area contributed by atoms with Crippen molar-refractivity contribution in [1.29, 1.82) is 0 Å². The average molecular weight is 707 g/mol. The maximum absolute atomic E-state index is 10.7. The first-order valence-corrected chi connectivity index (χ1v) is 14.5. The van der Waals surface area contributed by atoms with Crippen molar-refractivity contribution in [3.63, 3.8) is 0 Å². The molecule has 0 saturated carbocycles. The molecule has 1 aliphatic rings. The first kappa shape index (κ1) is 34.6. The molecule has 0 N–H and O–H groups in total. The van der Waals surface area contributed by atoms with Crippen LogP contribution in [0.1, 0.15) is 27.8 Å². The fourth-order valence-corrected chi connectivity index (χ4v) is 4.19. The van der Waals surface area contributed by atoms with Crippen molar-refractivity contribution in [3.8, 4) is 0 Å². The minimum Gasteiger partial charge on any atom is -0.741 e. The monoisotopic (exact) mass is 706 g/mol. The largest absolute Gasteiger partial charge is 0.741 e. The van der Waals surface area contributed by atoms with Crippen molar-refractivity contribution in [2.75, 3.05) is 0 Å². The molecule has 44 heavy (non-hydrogen) atoms. The van der Waals surface area contributed by atoms with Crippen molar-refractivity contribution in [2.45, 2.75) is 19.4 Å². The Bertz CT molecular complexity index is 1790. The Labute approximate surface area is 268 Å². The summed E-state index contributed by atoms with van der Waals surface area (Å²) in [5, 5.41) is 2.46. The molecule has 0 bridgehead atoms. The molecule has 229 valence electrons. The van der Waals surface area contributed by atoms with Crippen LogP contribution in [-0.2, 0) is 30.5 Å². The Kier molecular flexibility index (Phi) is 11.5. The molecule has 0 fully saturated rings. The summed E-state index contributed by atoms with van der Waals surface area (Å²) in [5.41, 5.74) is 3.97. The molecule has 6 rings (SSSR count). The number of hydrogen-bond acceptors (Lipinski definition) is 5. The summed E-state index contributed by atoms with van der Waals surface area (Å²) in [5.74, 6) is 0. The third-order valence-corrected chi connectivity index (χ3v) is 6.88. The molecular weight excluding hydrogens is 680 g/mol. The summed E-state index contributed by atoms with van der Waals surface area (Å²) in [6, 6.07) is 39.3. The van der Waals surface area contributed by atoms with Crippen molar-refractivity contribution in [2.24, 2.45) is 9.98 Å². The number of rotatable bonds is 2. The SMILES string of the molecule is Cc1ccc(N=C2C(=Nc3ccc(C)cc3)c3cccc4cccc2c34)cc1.O=S(=O)([O-])C(F)(F)F.[CH2]c1ccccc1.[Pd]. The number of aliphatic imine (C=N–C) groups is 2. The summed E-state index contributed by atoms with van der Waals surface area (Å²) in [7, 11) is -6.09. The van der Waals surface area contributed by atoms with E-state index in [9.17, 15) is 13.2 Å². The second kappa shape index (κ2) is 14.7. The van der Waals surface area contributed by atoms with E-state index in [2.05, 4.69) is 106 Å². The standard InChI is InChI=1S/C26H20N2.C7H7.CHF3O3S.Pd/c1-17-9-13-20(14-10-17)27-25-22-7-3-5-19-6-4-8-23(24(19)22)26(25)28-21-15-11-18(2)12-16-21;1-7-5-3-2-4-6-7;2-1(3,4)8(5,6)7;/h3-16H,1-2H3;2-6H,1H2;(H,5,6,7);/p-1. The quantitative estimate of drug-likeness (QED) is 0.105. The summed E-state index contributed by atoms with van der Waals surface area (Å²) in [6.07, 6.45) is 0. The minimum atomic E-state index is -6.09. The number of aryl methyl sites for hydroxylation is 2. The van der Waals surface area contributed by atoms with Crippen molar-refractivity contribution < 1.29 is 46.6 Å². The van der Waals surface area contributed by atoms with Gasteiger partial charge in [0.05, 0.1) is 22.8 Å². The second-order valence-electron chi connectivity index (χ2n) is 9.69. The van der Waals surface area contributed by atoms with Crippen LogP contribution in [0.2, 0.25) is 0 Å². The van der Waals surface area contributed by atoms with Crippen LogP contribution in [0.25, 0.3) is 10.8 Å². The number of alkyl halides is 3. The molecular formula is C34H27F3N2O3PdS-. The van der Waals surface area contributed by atoms with E-state index in [0.717, 1.165) is 39.5 Å². The van der Waals surface area contributed by atoms with E-state index in [1.54, 1.807) is 0 Å². The van der Waals surface area contributed by atoms with E-state index in [-0.39, 0.29) is 20.4 Å². The van der Waals surface area contributed by atoms with Crippen molar-refractivity contribution in [1.82, 2.24) is 0 Å². The molecule has 1 aliphatic carbocycles. The van der Waals surface area contributed by atoms with E-state index in [1.165, 1.54) is 21.9 Å². The Morgan fingerprint density at radius 2 is 1.02 bits per heavy atom. The molecule has 5 nitrogen and oxygen atoms in total. The van der Waals surface area contributed by atoms with Gasteiger partial charge >= 0.3 is 5.51 Å². The third-order valence-electron chi connectivity index (χ3n) is 6.32. The zero-order valence-electron chi connectivity index (χ0n) is 23.7. The predicted octanol–water partition coefficient (Wildman–Crippen LogP) is 8.63. The Hall–Kier alpha value is -3.94. The molecule has 0 atom stereocenters. The van der Waals surface area contributed by atoms with E-state index in [4.69, 9.17) is 23.0 Å². The summed E-state index contributed by atoms with van der Waals surface area (Å²) in [6.45, 7) is 7.90. The van der Waals surface area contributed by atoms with E-state index >= 15 is 0 Å². The van der Waals surface area contributed by atoms with Gasteiger partial charge in [-0.05, 0) is 56.0 Å². The van der Waals surface area contributed by atoms with E-state index in [1.807, 2.05) is 30.3 Å². The third kappa shape index (κ3) is 8.80. The van der Waals surface area contributed by atoms with Crippen LogP contribution in [0, 0.1) is 20.8 Å². The fraction of sp³-hybridized carbons (Fsp3) is 0.0882. The van der Waals surface area contributed by atoms with Gasteiger partial charge in [-0.1, -0.05) is 102 Å². The van der Waals surface area contributed by atoms with Gasteiger partial charge in [0.1, 0.15) is 0 Å². The number of hydrogen-bond donors (Lipinski definition) is 0. The molecule has 1 radical (unpaired) electrons. The molecule has 5 aromatic rings. The molecule has 5 aromatic carbocycles. The van der Waals surface area contributed by atoms with Gasteiger partial charge in [-0.25, -0.2) is 18.4 Å². The van der Waals surface area contributed by atoms with Gasteiger partial charge in [-0.2, -0.15) is 13.2 Å². The molecule has 0 saturated heterocycles. The van der Waals surface area contributed by atoms with Gasteiger partial charge in [0.25, 0.3) is 0 Å². The van der Waals surface area contributed by atoms with Crippen LogP contribution in [0.5, 0.6) is 0 Å². The molecule has 10 heteroatoms. The minimum absolute atomic E-state index is 0. The first-order valence-electron chi connectivity index (χ1n) is 13.1. The van der Waals surface area contributed by atoms with Crippen molar-refractivity contribution in [3.05, 3.63) is 150 Å². The van der Waals surface area contributed by atoms with Crippen LogP contribution in [0.3, 0.4) is 0 Å². The smallest absolute Gasteiger partial charge is 0.485 e. The maximum atomic E-state index is 10.7. The fourth-order valence-electron chi connectivity index (χ4n) is 4.19. The zero-order valence-corrected chi connectivity index (χ0v) is 26.0. The Morgan fingerprint density at radius 1 is 0.636 bits per heavy atom. The van der Waals surface area contributed by atoms with E-state index in [0.29, 0.717) is 0 Å². The normalized spacial score (nSPS) is 13.9. The van der Waals surface area contributed by atoms with Crippen LogP contribution < -0.4 is 0 Å². The Balaban J connectivity index is 0.000000274. The number of benzene rings is 5. The maximum Gasteiger partial charge on any atom is 0.485 e. The molecule has 0 aliphatic heterocycles. The topological polar surface area (TPSA) is 81.9 Å². The van der Waals surface area contributed by atoms with Gasteiger partial charge < -0.3 is 4.55 Å². The summed E-state index contributed by atoms with van der Waals surface area (Å²) in [4.78, 5) is 10.0. The number of nitrogens with zero attached hydrogens (tertiary/aromatic N) is 2. The molecule has 0 aromatic heterocycles. The predicted molar refractivity (Wildman–Crippen MR) is 165 cm³/mol. The summed E-state index contributed by atoms with van der Waals surface area (Å²) >= 11 is 0. The van der Waals surface area contributed by atoms with E-state index < -0.39 is 15.6 Å². The van der Waals surface area contributed by atoms with Gasteiger partial charge in [-0.15, -0.1) is 0 Å². The van der Waals surface area contributed by atoms with Crippen LogP contribution in [-0.4, -0.2) is 29.9 Å². The first-order chi connectivity index (χ1) is 20.3.